The Bertz CT molecular complexity index is 152. The van der Waals surface area contributed by atoms with E-state index < -0.39 is 0 Å². The van der Waals surface area contributed by atoms with E-state index >= 15 is 0 Å². The van der Waals surface area contributed by atoms with Crippen molar-refractivity contribution >= 4 is 0 Å². The summed E-state index contributed by atoms with van der Waals surface area (Å²) in [4.78, 5) is 0. The van der Waals surface area contributed by atoms with Crippen molar-refractivity contribution in [3.05, 3.63) is 0 Å². The van der Waals surface area contributed by atoms with Crippen molar-refractivity contribution in [3.8, 4) is 0 Å². The van der Waals surface area contributed by atoms with Gasteiger partial charge in [-0.2, -0.15) is 0 Å². The molecule has 3 heteroatoms. The Morgan fingerprint density at radius 3 is 2.86 bits per heavy atom. The number of hydrogen-bond donors (Lipinski definition) is 2. The minimum Gasteiger partial charge on any atom is -0.395 e. The average Bonchev–Trinajstić information content (AvgIpc) is 2.17. The molecular weight excluding hydrogens is 178 g/mol. The first-order valence-electron chi connectivity index (χ1n) is 5.62. The van der Waals surface area contributed by atoms with Gasteiger partial charge in [0.1, 0.15) is 0 Å². The Labute approximate surface area is 86.8 Å². The maximum atomic E-state index is 9.11. The number of hydrogen-bond acceptors (Lipinski definition) is 3. The SMILES string of the molecule is COCC(CO)NC1CCCC(C)C1. The highest BCUT2D eigenvalue weighted by Gasteiger charge is 2.20. The Kier molecular flexibility index (Phi) is 5.45. The highest BCUT2D eigenvalue weighted by molar-refractivity contribution is 4.79. The van der Waals surface area contributed by atoms with Crippen LogP contribution in [0, 0.1) is 5.92 Å². The van der Waals surface area contributed by atoms with E-state index in [0.29, 0.717) is 12.6 Å². The summed E-state index contributed by atoms with van der Waals surface area (Å²) < 4.78 is 5.04. The summed E-state index contributed by atoms with van der Waals surface area (Å²) in [6.45, 7) is 3.07. The molecule has 0 aromatic rings. The molecule has 0 bridgehead atoms. The molecular formula is C11H23NO2. The van der Waals surface area contributed by atoms with Crippen LogP contribution in [0.1, 0.15) is 32.6 Å². The summed E-state index contributed by atoms with van der Waals surface area (Å²) >= 11 is 0. The second-order valence-corrected chi connectivity index (χ2v) is 4.47. The van der Waals surface area contributed by atoms with Crippen molar-refractivity contribution in [1.29, 1.82) is 0 Å². The minimum atomic E-state index is 0.107. The smallest absolute Gasteiger partial charge is 0.0638 e. The second-order valence-electron chi connectivity index (χ2n) is 4.47. The van der Waals surface area contributed by atoms with E-state index in [1.54, 1.807) is 7.11 Å². The fourth-order valence-corrected chi connectivity index (χ4v) is 2.27. The molecule has 0 saturated heterocycles. The van der Waals surface area contributed by atoms with Gasteiger partial charge in [0.05, 0.1) is 19.3 Å². The standard InChI is InChI=1S/C11H23NO2/c1-9-4-3-5-10(6-9)12-11(7-13)8-14-2/h9-13H,3-8H2,1-2H3. The van der Waals surface area contributed by atoms with Gasteiger partial charge in [-0.05, 0) is 18.8 Å². The zero-order valence-corrected chi connectivity index (χ0v) is 9.33. The van der Waals surface area contributed by atoms with E-state index in [2.05, 4.69) is 12.2 Å². The first kappa shape index (κ1) is 12.0. The first-order chi connectivity index (χ1) is 6.76. The van der Waals surface area contributed by atoms with Gasteiger partial charge in [-0.1, -0.05) is 19.8 Å². The molecule has 14 heavy (non-hydrogen) atoms. The van der Waals surface area contributed by atoms with Gasteiger partial charge in [0, 0.05) is 13.2 Å². The Hall–Kier alpha value is -0.120. The highest BCUT2D eigenvalue weighted by atomic mass is 16.5. The summed E-state index contributed by atoms with van der Waals surface area (Å²) in [6, 6.07) is 0.682. The zero-order valence-electron chi connectivity index (χ0n) is 9.33. The molecule has 0 radical (unpaired) electrons. The normalized spacial score (nSPS) is 30.2. The van der Waals surface area contributed by atoms with E-state index in [4.69, 9.17) is 9.84 Å². The molecule has 1 saturated carbocycles. The largest absolute Gasteiger partial charge is 0.395 e. The molecule has 84 valence electrons. The van der Waals surface area contributed by atoms with Gasteiger partial charge in [-0.3, -0.25) is 0 Å². The zero-order chi connectivity index (χ0) is 10.4. The van der Waals surface area contributed by atoms with E-state index in [-0.39, 0.29) is 12.6 Å². The Balaban J connectivity index is 2.26. The Morgan fingerprint density at radius 2 is 2.29 bits per heavy atom. The van der Waals surface area contributed by atoms with Crippen molar-refractivity contribution in [2.45, 2.75) is 44.7 Å². The molecule has 3 unspecified atom stereocenters. The molecule has 0 amide bonds. The summed E-state index contributed by atoms with van der Waals surface area (Å²) in [5.74, 6) is 0.822. The van der Waals surface area contributed by atoms with Crippen LogP contribution in [0.4, 0.5) is 0 Å². The maximum Gasteiger partial charge on any atom is 0.0638 e. The summed E-state index contributed by atoms with van der Waals surface area (Å²) in [5.41, 5.74) is 0. The molecule has 3 nitrogen and oxygen atoms in total. The molecule has 0 aliphatic heterocycles. The van der Waals surface area contributed by atoms with Gasteiger partial charge >= 0.3 is 0 Å². The molecule has 0 aromatic heterocycles. The van der Waals surface area contributed by atoms with Gasteiger partial charge in [-0.25, -0.2) is 0 Å². The predicted molar refractivity (Wildman–Crippen MR) is 57.3 cm³/mol. The number of aliphatic hydroxyl groups excluding tert-OH is 1. The molecule has 0 aromatic carbocycles. The van der Waals surface area contributed by atoms with Crippen LogP contribution in [0.2, 0.25) is 0 Å². The third-order valence-corrected chi connectivity index (χ3v) is 3.00. The predicted octanol–water partition coefficient (Wildman–Crippen LogP) is 1.16. The third-order valence-electron chi connectivity index (χ3n) is 3.00. The van der Waals surface area contributed by atoms with Gasteiger partial charge < -0.3 is 15.2 Å². The third kappa shape index (κ3) is 3.95. The van der Waals surface area contributed by atoms with Gasteiger partial charge in [-0.15, -0.1) is 0 Å². The minimum absolute atomic E-state index is 0.107. The molecule has 3 atom stereocenters. The molecule has 1 aliphatic rings. The van der Waals surface area contributed by atoms with Crippen molar-refractivity contribution in [2.24, 2.45) is 5.92 Å². The highest BCUT2D eigenvalue weighted by Crippen LogP contribution is 2.23. The van der Waals surface area contributed by atoms with Crippen LogP contribution < -0.4 is 5.32 Å². The number of nitrogens with one attached hydrogen (secondary N) is 1. The molecule has 1 fully saturated rings. The average molecular weight is 201 g/mol. The summed E-state index contributed by atoms with van der Waals surface area (Å²) in [7, 11) is 1.67. The van der Waals surface area contributed by atoms with Crippen molar-refractivity contribution in [2.75, 3.05) is 20.3 Å². The van der Waals surface area contributed by atoms with E-state index in [1.807, 2.05) is 0 Å². The van der Waals surface area contributed by atoms with Crippen molar-refractivity contribution in [3.63, 3.8) is 0 Å². The van der Waals surface area contributed by atoms with Crippen LogP contribution >= 0.6 is 0 Å². The summed E-state index contributed by atoms with van der Waals surface area (Å²) in [6.07, 6.45) is 5.14. The van der Waals surface area contributed by atoms with Gasteiger partial charge in [0.2, 0.25) is 0 Å². The number of ether oxygens (including phenoxy) is 1. The molecule has 1 rings (SSSR count). The van der Waals surface area contributed by atoms with Crippen LogP contribution in [0.5, 0.6) is 0 Å². The van der Waals surface area contributed by atoms with Crippen LogP contribution in [0.15, 0.2) is 0 Å². The molecule has 1 aliphatic carbocycles. The van der Waals surface area contributed by atoms with Crippen LogP contribution in [-0.4, -0.2) is 37.5 Å². The molecule has 0 spiro atoms. The van der Waals surface area contributed by atoms with Gasteiger partial charge in [0.25, 0.3) is 0 Å². The number of methoxy groups -OCH3 is 1. The van der Waals surface area contributed by atoms with Crippen LogP contribution in [0.25, 0.3) is 0 Å². The fraction of sp³-hybridized carbons (Fsp3) is 1.00. The fourth-order valence-electron chi connectivity index (χ4n) is 2.27. The summed E-state index contributed by atoms with van der Waals surface area (Å²) in [5, 5.41) is 12.6. The molecule has 0 heterocycles. The van der Waals surface area contributed by atoms with Gasteiger partial charge in [0.15, 0.2) is 0 Å². The van der Waals surface area contributed by atoms with E-state index in [0.717, 1.165) is 5.92 Å². The molecule has 2 N–H and O–H groups in total. The van der Waals surface area contributed by atoms with E-state index in [1.165, 1.54) is 25.7 Å². The number of rotatable bonds is 5. The quantitative estimate of drug-likeness (QED) is 0.701. The topological polar surface area (TPSA) is 41.5 Å². The first-order valence-corrected chi connectivity index (χ1v) is 5.62. The lowest BCUT2D eigenvalue weighted by molar-refractivity contribution is 0.115. The number of aliphatic hydroxyl groups is 1. The lowest BCUT2D eigenvalue weighted by atomic mass is 9.87. The second kappa shape index (κ2) is 6.38. The van der Waals surface area contributed by atoms with Crippen LogP contribution in [0.3, 0.4) is 0 Å². The maximum absolute atomic E-state index is 9.11. The van der Waals surface area contributed by atoms with E-state index in [9.17, 15) is 0 Å². The van der Waals surface area contributed by atoms with Crippen LogP contribution in [-0.2, 0) is 4.74 Å². The monoisotopic (exact) mass is 201 g/mol. The Morgan fingerprint density at radius 1 is 1.50 bits per heavy atom. The lowest BCUT2D eigenvalue weighted by Gasteiger charge is -2.30. The van der Waals surface area contributed by atoms with Crippen molar-refractivity contribution < 1.29 is 9.84 Å². The van der Waals surface area contributed by atoms with Crippen molar-refractivity contribution in [1.82, 2.24) is 5.32 Å². The lowest BCUT2D eigenvalue weighted by Crippen LogP contribution is -2.45.